The first kappa shape index (κ1) is 23.9. The molecule has 0 radical (unpaired) electrons. The van der Waals surface area contributed by atoms with Crippen LogP contribution in [0.15, 0.2) is 23.5 Å². The molecular formula is C12H14F6N2O2Pd. The minimum atomic E-state index is -4.96. The minimum absolute atomic E-state index is 0. The molecular weight excluding hydrogens is 425 g/mol. The van der Waals surface area contributed by atoms with Crippen LogP contribution in [0.1, 0.15) is 13.8 Å². The maximum atomic E-state index is 12.0. The van der Waals surface area contributed by atoms with Crippen LogP contribution in [0, 0.1) is 0 Å². The third-order valence-electron chi connectivity index (χ3n) is 2.19. The van der Waals surface area contributed by atoms with Crippen molar-refractivity contribution in [1.82, 2.24) is 10.6 Å². The Bertz CT molecular complexity index is 439. The third-order valence-corrected chi connectivity index (χ3v) is 2.19. The molecule has 0 aromatic rings. The van der Waals surface area contributed by atoms with Crippen LogP contribution in [0.25, 0.3) is 0 Å². The molecule has 0 bridgehead atoms. The number of carbonyl (C=O) groups is 2. The Hall–Kier alpha value is -1.34. The molecule has 23 heavy (non-hydrogen) atoms. The van der Waals surface area contributed by atoms with Gasteiger partial charge in [-0.05, 0) is 13.8 Å². The zero-order valence-corrected chi connectivity index (χ0v) is 13.5. The molecule has 0 fully saturated rings. The van der Waals surface area contributed by atoms with Crippen LogP contribution in [0.5, 0.6) is 0 Å². The number of carbonyl (C=O) groups excluding carboxylic acids is 2. The van der Waals surface area contributed by atoms with Crippen LogP contribution in [-0.4, -0.2) is 37.0 Å². The number of rotatable bonds is 7. The fourth-order valence-corrected chi connectivity index (χ4v) is 1.18. The summed E-state index contributed by atoms with van der Waals surface area (Å²) in [5.41, 5.74) is -0.0887. The van der Waals surface area contributed by atoms with Gasteiger partial charge in [0, 0.05) is 57.1 Å². The summed E-state index contributed by atoms with van der Waals surface area (Å²) >= 11 is 0. The van der Waals surface area contributed by atoms with E-state index in [1.165, 1.54) is 13.8 Å². The average Bonchev–Trinajstić information content (AvgIpc) is 2.32. The molecule has 4 nitrogen and oxygen atoms in total. The topological polar surface area (TPSA) is 58.2 Å². The molecule has 0 saturated heterocycles. The van der Waals surface area contributed by atoms with E-state index in [0.29, 0.717) is 12.2 Å². The number of hydrogen-bond acceptors (Lipinski definition) is 4. The SMILES string of the molecule is C/C(=C/C(=O)C(F)(F)F)NCCN/C(C)=C\C(=O)C(F)(F)F.[Pd]. The quantitative estimate of drug-likeness (QED) is 0.277. The Labute approximate surface area is 142 Å². The molecule has 0 saturated carbocycles. The summed E-state index contributed by atoms with van der Waals surface area (Å²) in [5.74, 6) is -4.03. The molecule has 0 unspecified atom stereocenters. The standard InChI is InChI=1S/C12H14F6N2O2.Pd/c1-7(5-9(21)11(13,14)15)19-3-4-20-8(2)6-10(22)12(16,17)18;/h5-6,19-20H,3-4H2,1-2H3;/b7-5-,8-6-;. The Morgan fingerprint density at radius 3 is 1.26 bits per heavy atom. The molecule has 0 aromatic heterocycles. The maximum Gasteiger partial charge on any atom is 0.454 e. The van der Waals surface area contributed by atoms with E-state index in [0.717, 1.165) is 0 Å². The van der Waals surface area contributed by atoms with Gasteiger partial charge < -0.3 is 10.6 Å². The van der Waals surface area contributed by atoms with Crippen LogP contribution >= 0.6 is 0 Å². The van der Waals surface area contributed by atoms with Gasteiger partial charge in [-0.2, -0.15) is 26.3 Å². The van der Waals surface area contributed by atoms with Gasteiger partial charge in [-0.15, -0.1) is 0 Å². The first-order chi connectivity index (χ1) is 9.84. The van der Waals surface area contributed by atoms with Crippen LogP contribution in [0.3, 0.4) is 0 Å². The summed E-state index contributed by atoms with van der Waals surface area (Å²) in [6.07, 6.45) is -9.18. The largest absolute Gasteiger partial charge is 0.454 e. The van der Waals surface area contributed by atoms with Crippen molar-refractivity contribution in [3.8, 4) is 0 Å². The Morgan fingerprint density at radius 1 is 0.783 bits per heavy atom. The monoisotopic (exact) mass is 438 g/mol. The van der Waals surface area contributed by atoms with Gasteiger partial charge in [0.1, 0.15) is 0 Å². The van der Waals surface area contributed by atoms with Crippen molar-refractivity contribution >= 4 is 11.6 Å². The average molecular weight is 439 g/mol. The van der Waals surface area contributed by atoms with Crippen molar-refractivity contribution < 1.29 is 56.4 Å². The summed E-state index contributed by atoms with van der Waals surface area (Å²) in [6, 6.07) is 0. The molecule has 11 heteroatoms. The second-order valence-electron chi connectivity index (χ2n) is 4.23. The predicted molar refractivity (Wildman–Crippen MR) is 65.6 cm³/mol. The summed E-state index contributed by atoms with van der Waals surface area (Å²) in [4.78, 5) is 21.2. The van der Waals surface area contributed by atoms with Crippen molar-refractivity contribution in [2.75, 3.05) is 13.1 Å². The smallest absolute Gasteiger partial charge is 0.387 e. The molecule has 0 rings (SSSR count). The number of halogens is 6. The van der Waals surface area contributed by atoms with Crippen molar-refractivity contribution in [3.05, 3.63) is 23.5 Å². The zero-order chi connectivity index (χ0) is 17.6. The number of allylic oxidation sites excluding steroid dienone is 4. The normalized spacial score (nSPS) is 13.2. The molecule has 0 amide bonds. The van der Waals surface area contributed by atoms with E-state index >= 15 is 0 Å². The molecule has 0 spiro atoms. The summed E-state index contributed by atoms with van der Waals surface area (Å²) in [7, 11) is 0. The molecule has 0 heterocycles. The van der Waals surface area contributed by atoms with Crippen molar-refractivity contribution in [2.24, 2.45) is 0 Å². The second-order valence-corrected chi connectivity index (χ2v) is 4.23. The van der Waals surface area contributed by atoms with E-state index in [2.05, 4.69) is 10.6 Å². The van der Waals surface area contributed by atoms with E-state index in [9.17, 15) is 35.9 Å². The molecule has 0 aliphatic carbocycles. The van der Waals surface area contributed by atoms with Gasteiger partial charge in [-0.25, -0.2) is 0 Å². The molecule has 136 valence electrons. The van der Waals surface area contributed by atoms with Gasteiger partial charge in [-0.1, -0.05) is 0 Å². The molecule has 0 aromatic carbocycles. The minimum Gasteiger partial charge on any atom is -0.387 e. The molecule has 0 atom stereocenters. The summed E-state index contributed by atoms with van der Waals surface area (Å²) < 4.78 is 71.7. The Kier molecular flexibility index (Phi) is 10.1. The number of alkyl halides is 6. The number of nitrogens with one attached hydrogen (secondary N) is 2. The number of ketones is 2. The summed E-state index contributed by atoms with van der Waals surface area (Å²) in [5, 5.41) is 4.94. The first-order valence-electron chi connectivity index (χ1n) is 5.90. The van der Waals surface area contributed by atoms with E-state index < -0.39 is 23.9 Å². The summed E-state index contributed by atoms with van der Waals surface area (Å²) in [6.45, 7) is 2.55. The predicted octanol–water partition coefficient (Wildman–Crippen LogP) is 2.23. The van der Waals surface area contributed by atoms with Gasteiger partial charge >= 0.3 is 12.4 Å². The Morgan fingerprint density at radius 2 is 1.04 bits per heavy atom. The van der Waals surface area contributed by atoms with Crippen LogP contribution < -0.4 is 10.6 Å². The van der Waals surface area contributed by atoms with Crippen LogP contribution in [-0.2, 0) is 30.0 Å². The van der Waals surface area contributed by atoms with Crippen LogP contribution in [0.2, 0.25) is 0 Å². The first-order valence-corrected chi connectivity index (χ1v) is 5.90. The van der Waals surface area contributed by atoms with E-state index in [1.54, 1.807) is 0 Å². The van der Waals surface area contributed by atoms with Gasteiger partial charge in [-0.3, -0.25) is 9.59 Å². The van der Waals surface area contributed by atoms with Crippen molar-refractivity contribution in [3.63, 3.8) is 0 Å². The van der Waals surface area contributed by atoms with Gasteiger partial charge in [0.15, 0.2) is 0 Å². The Balaban J connectivity index is 0. The van der Waals surface area contributed by atoms with E-state index in [1.807, 2.05) is 0 Å². The van der Waals surface area contributed by atoms with Gasteiger partial charge in [0.05, 0.1) is 0 Å². The van der Waals surface area contributed by atoms with Gasteiger partial charge in [0.2, 0.25) is 0 Å². The number of hydrogen-bond donors (Lipinski definition) is 2. The maximum absolute atomic E-state index is 12.0. The van der Waals surface area contributed by atoms with Crippen molar-refractivity contribution in [2.45, 2.75) is 26.2 Å². The van der Waals surface area contributed by atoms with E-state index in [-0.39, 0.29) is 44.9 Å². The molecule has 0 aliphatic heterocycles. The molecule has 0 aliphatic rings. The van der Waals surface area contributed by atoms with E-state index in [4.69, 9.17) is 0 Å². The second kappa shape index (κ2) is 9.72. The van der Waals surface area contributed by atoms with Crippen molar-refractivity contribution in [1.29, 1.82) is 0 Å². The fraction of sp³-hybridized carbons (Fsp3) is 0.500. The zero-order valence-electron chi connectivity index (χ0n) is 12.0. The van der Waals surface area contributed by atoms with Crippen LogP contribution in [0.4, 0.5) is 26.3 Å². The third kappa shape index (κ3) is 10.9. The van der Waals surface area contributed by atoms with Gasteiger partial charge in [0.25, 0.3) is 11.6 Å². The fourth-order valence-electron chi connectivity index (χ4n) is 1.18. The molecule has 2 N–H and O–H groups in total.